The molecule has 0 unspecified atom stereocenters. The highest BCUT2D eigenvalue weighted by Gasteiger charge is 2.05. The molecule has 0 aromatic carbocycles. The fourth-order valence-electron chi connectivity index (χ4n) is 1.31. The number of aromatic nitrogens is 2. The van der Waals surface area contributed by atoms with Crippen LogP contribution in [0.2, 0.25) is 0 Å². The molecule has 2 rings (SSSR count). The third-order valence-electron chi connectivity index (χ3n) is 2.09. The van der Waals surface area contributed by atoms with Gasteiger partial charge in [-0.2, -0.15) is 0 Å². The Morgan fingerprint density at radius 2 is 2.25 bits per heavy atom. The largest absolute Gasteiger partial charge is 0.382 e. The van der Waals surface area contributed by atoms with Crippen LogP contribution in [0.4, 0.5) is 11.6 Å². The summed E-state index contributed by atoms with van der Waals surface area (Å²) in [5.41, 5.74) is 6.73. The van der Waals surface area contributed by atoms with Crippen LogP contribution in [-0.2, 0) is 6.54 Å². The number of halogens is 1. The molecular weight excluding hydrogens is 288 g/mol. The van der Waals surface area contributed by atoms with Crippen molar-refractivity contribution in [2.45, 2.75) is 6.54 Å². The summed E-state index contributed by atoms with van der Waals surface area (Å²) in [7, 11) is 1.98. The van der Waals surface area contributed by atoms with Crippen molar-refractivity contribution in [2.24, 2.45) is 0 Å². The third kappa shape index (κ3) is 2.70. The van der Waals surface area contributed by atoms with Crippen LogP contribution in [0.15, 0.2) is 27.6 Å². The minimum absolute atomic E-state index is 0.440. The van der Waals surface area contributed by atoms with Gasteiger partial charge in [0.15, 0.2) is 0 Å². The van der Waals surface area contributed by atoms with Gasteiger partial charge in [-0.3, -0.25) is 0 Å². The maximum atomic E-state index is 5.49. The fourth-order valence-corrected chi connectivity index (χ4v) is 2.51. The molecule has 0 aliphatic carbocycles. The van der Waals surface area contributed by atoms with E-state index in [1.165, 1.54) is 5.56 Å². The lowest BCUT2D eigenvalue weighted by molar-refractivity contribution is 0.894. The highest BCUT2D eigenvalue weighted by Crippen LogP contribution is 2.22. The predicted octanol–water partition coefficient (Wildman–Crippen LogP) is 2.52. The zero-order valence-electron chi connectivity index (χ0n) is 8.72. The second kappa shape index (κ2) is 4.80. The van der Waals surface area contributed by atoms with Crippen LogP contribution in [-0.4, -0.2) is 17.0 Å². The number of anilines is 2. The van der Waals surface area contributed by atoms with Gasteiger partial charge in [0, 0.05) is 13.6 Å². The Morgan fingerprint density at radius 1 is 1.44 bits per heavy atom. The first kappa shape index (κ1) is 11.3. The molecule has 2 aromatic heterocycles. The van der Waals surface area contributed by atoms with Gasteiger partial charge in [0.05, 0.1) is 16.2 Å². The highest BCUT2D eigenvalue weighted by atomic mass is 79.9. The third-order valence-corrected chi connectivity index (χ3v) is 3.64. The van der Waals surface area contributed by atoms with Gasteiger partial charge in [-0.25, -0.2) is 9.97 Å². The normalized spacial score (nSPS) is 10.4. The van der Waals surface area contributed by atoms with E-state index in [1.807, 2.05) is 11.9 Å². The average molecular weight is 299 g/mol. The van der Waals surface area contributed by atoms with Crippen molar-refractivity contribution < 1.29 is 0 Å². The van der Waals surface area contributed by atoms with Gasteiger partial charge in [-0.1, -0.05) is 0 Å². The molecule has 0 amide bonds. The van der Waals surface area contributed by atoms with E-state index in [-0.39, 0.29) is 0 Å². The molecule has 16 heavy (non-hydrogen) atoms. The zero-order chi connectivity index (χ0) is 11.5. The first-order valence-electron chi connectivity index (χ1n) is 4.67. The molecule has 0 bridgehead atoms. The molecule has 0 aliphatic heterocycles. The summed E-state index contributed by atoms with van der Waals surface area (Å²) in [6, 6.07) is 2.10. The lowest BCUT2D eigenvalue weighted by atomic mass is 10.3. The van der Waals surface area contributed by atoms with Crippen molar-refractivity contribution in [3.8, 4) is 0 Å². The Labute approximate surface area is 106 Å². The lowest BCUT2D eigenvalue weighted by Crippen LogP contribution is -2.17. The first-order chi connectivity index (χ1) is 7.65. The van der Waals surface area contributed by atoms with E-state index in [0.29, 0.717) is 5.82 Å². The minimum Gasteiger partial charge on any atom is -0.382 e. The number of thiophene rings is 1. The van der Waals surface area contributed by atoms with E-state index in [0.717, 1.165) is 16.1 Å². The van der Waals surface area contributed by atoms with E-state index in [1.54, 1.807) is 23.7 Å². The molecule has 0 spiro atoms. The van der Waals surface area contributed by atoms with Crippen LogP contribution in [0.1, 0.15) is 5.56 Å². The molecule has 2 aromatic rings. The molecule has 0 fully saturated rings. The van der Waals surface area contributed by atoms with E-state index >= 15 is 0 Å². The smallest absolute Gasteiger partial charge is 0.147 e. The summed E-state index contributed by atoms with van der Waals surface area (Å²) >= 11 is 5.12. The van der Waals surface area contributed by atoms with Crippen LogP contribution >= 0.6 is 27.3 Å². The van der Waals surface area contributed by atoms with Gasteiger partial charge >= 0.3 is 0 Å². The lowest BCUT2D eigenvalue weighted by Gasteiger charge is -2.16. The molecule has 4 nitrogen and oxygen atoms in total. The monoisotopic (exact) mass is 298 g/mol. The van der Waals surface area contributed by atoms with Gasteiger partial charge in [0.2, 0.25) is 0 Å². The summed E-state index contributed by atoms with van der Waals surface area (Å²) in [5.74, 6) is 1.26. The highest BCUT2D eigenvalue weighted by molar-refractivity contribution is 9.11. The molecule has 2 heterocycles. The molecule has 2 N–H and O–H groups in total. The van der Waals surface area contributed by atoms with Crippen molar-refractivity contribution in [1.29, 1.82) is 0 Å². The second-order valence-electron chi connectivity index (χ2n) is 3.41. The average Bonchev–Trinajstić information content (AvgIpc) is 2.65. The van der Waals surface area contributed by atoms with Gasteiger partial charge in [0.25, 0.3) is 0 Å². The van der Waals surface area contributed by atoms with E-state index in [2.05, 4.69) is 37.3 Å². The number of hydrogen-bond acceptors (Lipinski definition) is 5. The number of nitrogen functional groups attached to an aromatic ring is 1. The van der Waals surface area contributed by atoms with Crippen LogP contribution in [0, 0.1) is 0 Å². The molecule has 6 heteroatoms. The van der Waals surface area contributed by atoms with E-state index in [9.17, 15) is 0 Å². The Kier molecular flexibility index (Phi) is 3.40. The Morgan fingerprint density at radius 3 is 2.81 bits per heavy atom. The van der Waals surface area contributed by atoms with E-state index < -0.39 is 0 Å². The van der Waals surface area contributed by atoms with Crippen molar-refractivity contribution in [3.63, 3.8) is 0 Å². The maximum Gasteiger partial charge on any atom is 0.147 e. The van der Waals surface area contributed by atoms with E-state index in [4.69, 9.17) is 5.73 Å². The van der Waals surface area contributed by atoms with Gasteiger partial charge in [-0.15, -0.1) is 11.3 Å². The number of hydrogen-bond donors (Lipinski definition) is 1. The SMILES string of the molecule is CN(Cc1csc(Br)c1)c1cnc(N)cn1. The van der Waals surface area contributed by atoms with Crippen LogP contribution < -0.4 is 10.6 Å². The summed E-state index contributed by atoms with van der Waals surface area (Å²) in [6.45, 7) is 0.806. The van der Waals surface area contributed by atoms with Crippen molar-refractivity contribution in [1.82, 2.24) is 9.97 Å². The van der Waals surface area contributed by atoms with Crippen molar-refractivity contribution in [2.75, 3.05) is 17.7 Å². The molecule has 0 radical (unpaired) electrons. The van der Waals surface area contributed by atoms with Gasteiger partial charge in [-0.05, 0) is 32.9 Å². The predicted molar refractivity (Wildman–Crippen MR) is 70.6 cm³/mol. The molecule has 0 atom stereocenters. The molecule has 0 saturated heterocycles. The molecule has 84 valence electrons. The standard InChI is InChI=1S/C10H11BrN4S/c1-15(5-7-2-8(11)16-6-7)10-4-13-9(12)3-14-10/h2-4,6H,5H2,1H3,(H2,12,13). The van der Waals surface area contributed by atoms with Crippen LogP contribution in [0.5, 0.6) is 0 Å². The minimum atomic E-state index is 0.440. The quantitative estimate of drug-likeness (QED) is 0.946. The number of nitrogens with two attached hydrogens (primary N) is 1. The Hall–Kier alpha value is -1.14. The zero-order valence-corrected chi connectivity index (χ0v) is 11.1. The maximum absolute atomic E-state index is 5.49. The molecular formula is C10H11BrN4S. The summed E-state index contributed by atoms with van der Waals surface area (Å²) in [6.07, 6.45) is 3.24. The van der Waals surface area contributed by atoms with Crippen LogP contribution in [0.25, 0.3) is 0 Å². The Bertz CT molecular complexity index is 468. The Balaban J connectivity index is 2.08. The van der Waals surface area contributed by atoms with Gasteiger partial charge in [0.1, 0.15) is 11.6 Å². The number of nitrogens with zero attached hydrogens (tertiary/aromatic N) is 3. The van der Waals surface area contributed by atoms with Crippen molar-refractivity contribution >= 4 is 38.9 Å². The molecule has 0 saturated carbocycles. The fraction of sp³-hybridized carbons (Fsp3) is 0.200. The van der Waals surface area contributed by atoms with Gasteiger partial charge < -0.3 is 10.6 Å². The molecule has 0 aliphatic rings. The summed E-state index contributed by atoms with van der Waals surface area (Å²) in [4.78, 5) is 10.3. The number of rotatable bonds is 3. The summed E-state index contributed by atoms with van der Waals surface area (Å²) in [5, 5.41) is 2.12. The van der Waals surface area contributed by atoms with Crippen LogP contribution in [0.3, 0.4) is 0 Å². The summed E-state index contributed by atoms with van der Waals surface area (Å²) < 4.78 is 1.14. The van der Waals surface area contributed by atoms with Crippen molar-refractivity contribution in [3.05, 3.63) is 33.2 Å². The second-order valence-corrected chi connectivity index (χ2v) is 5.71. The topological polar surface area (TPSA) is 55.0 Å². The first-order valence-corrected chi connectivity index (χ1v) is 6.34.